The van der Waals surface area contributed by atoms with Crippen LogP contribution >= 0.6 is 11.8 Å². The highest BCUT2D eigenvalue weighted by Crippen LogP contribution is 2.34. The molecule has 1 heterocycles. The lowest BCUT2D eigenvalue weighted by molar-refractivity contribution is -0.131. The summed E-state index contributed by atoms with van der Waals surface area (Å²) in [5.74, 6) is -2.33. The minimum atomic E-state index is -1.43. The van der Waals surface area contributed by atoms with E-state index in [1.165, 1.54) is 18.7 Å². The summed E-state index contributed by atoms with van der Waals surface area (Å²) in [5, 5.41) is 37.0. The standard InChI is InChI=1S/C22H31N3O9S/c1-11-15(27)7-16(28)12-10-35-6-5-23-18(29)14(9-33-20(31)17(11)12)24-19(30)13(8-26)25-21(32)34-22(2,3)4/h7,13-14,26-28H,5-6,8-10H2,1-4H3,(H,23,29)(H,24,30)(H,25,32)/t13-,14-/m0/s1. The lowest BCUT2D eigenvalue weighted by Gasteiger charge is -2.24. The van der Waals surface area contributed by atoms with E-state index in [0.717, 1.165) is 6.07 Å². The Morgan fingerprint density at radius 1 is 1.29 bits per heavy atom. The topological polar surface area (TPSA) is 184 Å². The summed E-state index contributed by atoms with van der Waals surface area (Å²) in [6, 6.07) is -1.63. The molecule has 2 atom stereocenters. The number of alkyl carbamates (subject to hydrolysis) is 1. The van der Waals surface area contributed by atoms with E-state index in [0.29, 0.717) is 5.75 Å². The van der Waals surface area contributed by atoms with E-state index < -0.39 is 54.8 Å². The Labute approximate surface area is 206 Å². The van der Waals surface area contributed by atoms with E-state index >= 15 is 0 Å². The third-order valence-electron chi connectivity index (χ3n) is 4.84. The molecule has 1 aliphatic rings. The second kappa shape index (κ2) is 12.0. The molecule has 0 spiro atoms. The number of rotatable bonds is 4. The monoisotopic (exact) mass is 513 g/mol. The van der Waals surface area contributed by atoms with Crippen molar-refractivity contribution in [3.05, 3.63) is 22.8 Å². The smallest absolute Gasteiger partial charge is 0.408 e. The number of ether oxygens (including phenoxy) is 2. The van der Waals surface area contributed by atoms with Crippen molar-refractivity contribution in [2.75, 3.05) is 25.5 Å². The molecule has 1 aliphatic heterocycles. The predicted molar refractivity (Wildman–Crippen MR) is 126 cm³/mol. The van der Waals surface area contributed by atoms with Crippen molar-refractivity contribution >= 4 is 35.6 Å². The maximum atomic E-state index is 12.8. The number of hydrogen-bond acceptors (Lipinski definition) is 10. The zero-order chi connectivity index (χ0) is 26.3. The molecule has 0 radical (unpaired) electrons. The molecule has 12 nitrogen and oxygen atoms in total. The third kappa shape index (κ3) is 7.92. The van der Waals surface area contributed by atoms with Crippen molar-refractivity contribution in [3.8, 4) is 11.5 Å². The van der Waals surface area contributed by atoms with Gasteiger partial charge >= 0.3 is 12.1 Å². The summed E-state index contributed by atoms with van der Waals surface area (Å²) in [7, 11) is 0. The highest BCUT2D eigenvalue weighted by molar-refractivity contribution is 7.98. The zero-order valence-electron chi connectivity index (χ0n) is 20.0. The van der Waals surface area contributed by atoms with Gasteiger partial charge in [-0.1, -0.05) is 0 Å². The molecule has 0 bridgehead atoms. The molecule has 0 aliphatic carbocycles. The maximum absolute atomic E-state index is 12.8. The van der Waals surface area contributed by atoms with Gasteiger partial charge in [-0.25, -0.2) is 9.59 Å². The number of carbonyl (C=O) groups excluding carboxylic acids is 4. The maximum Gasteiger partial charge on any atom is 0.408 e. The average Bonchev–Trinajstić information content (AvgIpc) is 2.75. The molecule has 0 saturated carbocycles. The van der Waals surface area contributed by atoms with Gasteiger partial charge in [-0.15, -0.1) is 0 Å². The number of aromatic hydroxyl groups is 2. The number of cyclic esters (lactones) is 1. The van der Waals surface area contributed by atoms with Crippen molar-refractivity contribution in [1.29, 1.82) is 0 Å². The summed E-state index contributed by atoms with van der Waals surface area (Å²) in [4.78, 5) is 50.1. The van der Waals surface area contributed by atoms with Gasteiger partial charge in [-0.3, -0.25) is 9.59 Å². The Morgan fingerprint density at radius 2 is 1.97 bits per heavy atom. The first-order valence-corrected chi connectivity index (χ1v) is 12.0. The molecule has 194 valence electrons. The number of carbonyl (C=O) groups is 4. The average molecular weight is 514 g/mol. The van der Waals surface area contributed by atoms with Crippen LogP contribution in [0, 0.1) is 6.92 Å². The minimum Gasteiger partial charge on any atom is -0.508 e. The summed E-state index contributed by atoms with van der Waals surface area (Å²) in [5.41, 5.74) is -0.379. The Balaban J connectivity index is 2.21. The molecule has 1 aromatic rings. The molecule has 1 aromatic carbocycles. The van der Waals surface area contributed by atoms with Crippen molar-refractivity contribution in [2.24, 2.45) is 0 Å². The van der Waals surface area contributed by atoms with Gasteiger partial charge in [0.15, 0.2) is 0 Å². The van der Waals surface area contributed by atoms with Gasteiger partial charge in [0.2, 0.25) is 11.8 Å². The largest absolute Gasteiger partial charge is 0.508 e. The van der Waals surface area contributed by atoms with Crippen molar-refractivity contribution in [3.63, 3.8) is 0 Å². The number of nitrogens with one attached hydrogen (secondary N) is 3. The highest BCUT2D eigenvalue weighted by atomic mass is 32.2. The minimum absolute atomic E-state index is 0.0270. The second-order valence-electron chi connectivity index (χ2n) is 8.78. The van der Waals surface area contributed by atoms with Crippen molar-refractivity contribution in [2.45, 2.75) is 51.1 Å². The number of benzene rings is 1. The first-order chi connectivity index (χ1) is 16.3. The van der Waals surface area contributed by atoms with Crippen LogP contribution in [0.1, 0.15) is 42.3 Å². The van der Waals surface area contributed by atoms with Crippen LogP contribution in [0.5, 0.6) is 11.5 Å². The Kier molecular flexibility index (Phi) is 9.60. The molecule has 6 N–H and O–H groups in total. The molecular formula is C22H31N3O9S. The normalized spacial score (nSPS) is 18.0. The molecule has 2 rings (SSSR count). The number of aliphatic hydroxyl groups excluding tert-OH is 1. The number of esters is 1. The fourth-order valence-corrected chi connectivity index (χ4v) is 3.99. The fourth-order valence-electron chi connectivity index (χ4n) is 3.10. The summed E-state index contributed by atoms with van der Waals surface area (Å²) >= 11 is 1.33. The van der Waals surface area contributed by atoms with E-state index in [9.17, 15) is 34.5 Å². The zero-order valence-corrected chi connectivity index (χ0v) is 20.8. The Hall–Kier alpha value is -3.19. The molecule has 0 fully saturated rings. The van der Waals surface area contributed by atoms with E-state index in [4.69, 9.17) is 9.47 Å². The molecular weight excluding hydrogens is 482 g/mol. The number of aliphatic hydroxyl groups is 1. The molecule has 0 saturated heterocycles. The van der Waals surface area contributed by atoms with Gasteiger partial charge < -0.3 is 40.7 Å². The first-order valence-electron chi connectivity index (χ1n) is 10.8. The van der Waals surface area contributed by atoms with E-state index in [1.807, 2.05) is 0 Å². The summed E-state index contributed by atoms with van der Waals surface area (Å²) < 4.78 is 10.3. The second-order valence-corrected chi connectivity index (χ2v) is 9.88. The SMILES string of the molecule is Cc1c(O)cc(O)c2c1C(=O)OC[C@H](NC(=O)[C@H](CO)NC(=O)OC(C)(C)C)C(=O)NCCSC2. The van der Waals surface area contributed by atoms with E-state index in [-0.39, 0.29) is 40.5 Å². The van der Waals surface area contributed by atoms with E-state index in [1.54, 1.807) is 20.8 Å². The number of amides is 3. The fraction of sp³-hybridized carbons (Fsp3) is 0.545. The van der Waals surface area contributed by atoms with Crippen LogP contribution in [0.2, 0.25) is 0 Å². The van der Waals surface area contributed by atoms with Crippen LogP contribution in [0.4, 0.5) is 4.79 Å². The van der Waals surface area contributed by atoms with E-state index in [2.05, 4.69) is 16.0 Å². The van der Waals surface area contributed by atoms with Crippen molar-refractivity contribution < 1.29 is 44.0 Å². The Bertz CT molecular complexity index is 978. The number of phenolic OH excluding ortho intramolecular Hbond substituents is 2. The molecule has 3 amide bonds. The van der Waals surface area contributed by atoms with Crippen LogP contribution in [0.15, 0.2) is 6.07 Å². The number of phenols is 2. The van der Waals surface area contributed by atoms with Gasteiger partial charge in [-0.05, 0) is 27.7 Å². The van der Waals surface area contributed by atoms with Crippen LogP contribution in [0.3, 0.4) is 0 Å². The van der Waals surface area contributed by atoms with Gasteiger partial charge in [0.05, 0.1) is 12.2 Å². The van der Waals surface area contributed by atoms with Gasteiger partial charge in [0.25, 0.3) is 0 Å². The van der Waals surface area contributed by atoms with Gasteiger partial charge in [0.1, 0.15) is 35.8 Å². The first kappa shape index (κ1) is 28.1. The third-order valence-corrected chi connectivity index (χ3v) is 5.83. The van der Waals surface area contributed by atoms with Crippen LogP contribution in [-0.4, -0.2) is 82.4 Å². The number of thioether (sulfide) groups is 1. The molecule has 0 unspecified atom stereocenters. The Morgan fingerprint density at radius 3 is 2.60 bits per heavy atom. The predicted octanol–water partition coefficient (Wildman–Crippen LogP) is 0.296. The summed E-state index contributed by atoms with van der Waals surface area (Å²) in [6.45, 7) is 5.23. The van der Waals surface area contributed by atoms with Crippen LogP contribution in [-0.2, 0) is 24.8 Å². The van der Waals surface area contributed by atoms with Crippen molar-refractivity contribution in [1.82, 2.24) is 16.0 Å². The van der Waals surface area contributed by atoms with Crippen LogP contribution in [0.25, 0.3) is 0 Å². The van der Waals surface area contributed by atoms with Crippen LogP contribution < -0.4 is 16.0 Å². The molecule has 0 aromatic heterocycles. The lowest BCUT2D eigenvalue weighted by atomic mass is 10.0. The van der Waals surface area contributed by atoms with Gasteiger partial charge in [-0.2, -0.15) is 11.8 Å². The quantitative estimate of drug-likeness (QED) is 0.306. The summed E-state index contributed by atoms with van der Waals surface area (Å²) in [6.07, 6.45) is -0.940. The van der Waals surface area contributed by atoms with Gasteiger partial charge in [0, 0.05) is 35.2 Å². The lowest BCUT2D eigenvalue weighted by Crippen LogP contribution is -2.57. The number of fused-ring (bicyclic) bond motifs is 1. The molecule has 35 heavy (non-hydrogen) atoms. The molecule has 13 heteroatoms. The highest BCUT2D eigenvalue weighted by Gasteiger charge is 2.30. The number of hydrogen-bond donors (Lipinski definition) is 6.